The predicted molar refractivity (Wildman–Crippen MR) is 156 cm³/mol. The number of fused-ring (bicyclic) bond motifs is 1. The van der Waals surface area contributed by atoms with Crippen LogP contribution in [-0.4, -0.2) is 42.6 Å². The fourth-order valence-electron chi connectivity index (χ4n) is 5.31. The zero-order valence-electron chi connectivity index (χ0n) is 23.1. The predicted octanol–water partition coefficient (Wildman–Crippen LogP) is 6.95. The summed E-state index contributed by atoms with van der Waals surface area (Å²) in [7, 11) is 4.50. The molecule has 0 saturated carbocycles. The quantitative estimate of drug-likeness (QED) is 0.210. The molecule has 198 valence electrons. The van der Waals surface area contributed by atoms with Crippen molar-refractivity contribution in [1.29, 1.82) is 0 Å². The molecule has 0 aliphatic carbocycles. The topological polar surface area (TPSA) is 65.2 Å². The SMILES string of the molecule is CCCCc1cc2ccccc2c(OCC[N+](C)(C)[C@H](CC)c2ccc(C(N)=O)cc2-c2ccccc2)n1. The number of pyridine rings is 1. The minimum absolute atomic E-state index is 0.205. The number of aromatic nitrogens is 1. The van der Waals surface area contributed by atoms with Crippen molar-refractivity contribution in [2.75, 3.05) is 27.2 Å². The third kappa shape index (κ3) is 6.22. The van der Waals surface area contributed by atoms with Crippen molar-refractivity contribution in [2.24, 2.45) is 5.73 Å². The highest BCUT2D eigenvalue weighted by Crippen LogP contribution is 2.36. The van der Waals surface area contributed by atoms with Crippen LogP contribution in [0.1, 0.15) is 60.8 Å². The molecule has 0 unspecified atom stereocenters. The first-order valence-corrected chi connectivity index (χ1v) is 13.7. The van der Waals surface area contributed by atoms with Crippen LogP contribution in [0.2, 0.25) is 0 Å². The van der Waals surface area contributed by atoms with Gasteiger partial charge in [0.05, 0.1) is 14.1 Å². The Morgan fingerprint density at radius 3 is 2.42 bits per heavy atom. The molecule has 3 aromatic carbocycles. The molecule has 1 atom stereocenters. The number of rotatable bonds is 12. The number of carbonyl (C=O) groups is 1. The molecule has 1 amide bonds. The Hall–Kier alpha value is -3.70. The van der Waals surface area contributed by atoms with Crippen molar-refractivity contribution in [3.63, 3.8) is 0 Å². The first-order chi connectivity index (χ1) is 18.3. The average Bonchev–Trinajstić information content (AvgIpc) is 2.92. The second-order valence-corrected chi connectivity index (χ2v) is 10.6. The summed E-state index contributed by atoms with van der Waals surface area (Å²) >= 11 is 0. The van der Waals surface area contributed by atoms with Crippen LogP contribution in [0.3, 0.4) is 0 Å². The molecule has 4 rings (SSSR count). The number of aryl methyl sites for hydroxylation is 1. The third-order valence-corrected chi connectivity index (χ3v) is 7.46. The van der Waals surface area contributed by atoms with E-state index >= 15 is 0 Å². The van der Waals surface area contributed by atoms with E-state index in [1.54, 1.807) is 0 Å². The second-order valence-electron chi connectivity index (χ2n) is 10.6. The van der Waals surface area contributed by atoms with Gasteiger partial charge >= 0.3 is 0 Å². The Morgan fingerprint density at radius 2 is 1.71 bits per heavy atom. The highest BCUT2D eigenvalue weighted by Gasteiger charge is 2.31. The minimum atomic E-state index is -0.412. The molecule has 1 aromatic heterocycles. The molecule has 0 aliphatic rings. The molecule has 2 N–H and O–H groups in total. The smallest absolute Gasteiger partial charge is 0.248 e. The number of benzene rings is 3. The van der Waals surface area contributed by atoms with E-state index in [-0.39, 0.29) is 6.04 Å². The number of likely N-dealkylation sites (N-methyl/N-ethyl adjacent to an activating group) is 1. The number of carbonyl (C=O) groups excluding carboxylic acids is 1. The summed E-state index contributed by atoms with van der Waals surface area (Å²) in [5, 5.41) is 2.23. The maximum atomic E-state index is 12.0. The van der Waals surface area contributed by atoms with Crippen LogP contribution in [0.15, 0.2) is 78.9 Å². The molecule has 0 radical (unpaired) electrons. The van der Waals surface area contributed by atoms with Crippen LogP contribution in [0.5, 0.6) is 5.88 Å². The number of hydrogen-bond donors (Lipinski definition) is 1. The van der Waals surface area contributed by atoms with Gasteiger partial charge in [0, 0.05) is 28.6 Å². The van der Waals surface area contributed by atoms with Crippen molar-refractivity contribution < 1.29 is 14.0 Å². The van der Waals surface area contributed by atoms with Gasteiger partial charge in [-0.15, -0.1) is 0 Å². The molecular weight excluding hydrogens is 470 g/mol. The Labute approximate surface area is 226 Å². The summed E-state index contributed by atoms with van der Waals surface area (Å²) in [6.45, 7) is 5.78. The number of ether oxygens (including phenoxy) is 1. The van der Waals surface area contributed by atoms with Gasteiger partial charge < -0.3 is 15.0 Å². The standard InChI is InChI=1S/C33H39N3O2/c1-5-7-16-27-22-25-15-11-12-17-28(25)33(35-27)38-21-20-36(3,4)31(6-2)29-19-18-26(32(34)37)23-30(29)24-13-9-8-10-14-24/h8-15,17-19,22-23,31H,5-7,16,20-21H2,1-4H3,(H-,34,37)/p+1/t31-/m1/s1. The van der Waals surface area contributed by atoms with Gasteiger partial charge in [-0.25, -0.2) is 4.98 Å². The summed E-state index contributed by atoms with van der Waals surface area (Å²) in [6, 6.07) is 26.8. The first kappa shape index (κ1) is 27.3. The maximum Gasteiger partial charge on any atom is 0.248 e. The molecule has 38 heavy (non-hydrogen) atoms. The summed E-state index contributed by atoms with van der Waals surface area (Å²) in [4.78, 5) is 16.9. The van der Waals surface area contributed by atoms with Crippen LogP contribution in [-0.2, 0) is 6.42 Å². The van der Waals surface area contributed by atoms with Crippen molar-refractivity contribution in [2.45, 2.75) is 45.6 Å². The number of primary amides is 1. The van der Waals surface area contributed by atoms with E-state index in [1.165, 1.54) is 10.9 Å². The highest BCUT2D eigenvalue weighted by molar-refractivity contribution is 5.94. The van der Waals surface area contributed by atoms with Gasteiger partial charge in [0.15, 0.2) is 0 Å². The summed E-state index contributed by atoms with van der Waals surface area (Å²) in [5.41, 5.74) is 10.6. The van der Waals surface area contributed by atoms with Crippen LogP contribution >= 0.6 is 0 Å². The molecule has 0 spiro atoms. The van der Waals surface area contributed by atoms with E-state index in [0.717, 1.165) is 64.8 Å². The van der Waals surface area contributed by atoms with E-state index < -0.39 is 5.91 Å². The largest absolute Gasteiger partial charge is 0.471 e. The number of nitrogens with two attached hydrogens (primary N) is 1. The molecule has 5 nitrogen and oxygen atoms in total. The molecule has 0 bridgehead atoms. The maximum absolute atomic E-state index is 12.0. The monoisotopic (exact) mass is 510 g/mol. The lowest BCUT2D eigenvalue weighted by Gasteiger charge is -2.39. The lowest BCUT2D eigenvalue weighted by molar-refractivity contribution is -0.921. The first-order valence-electron chi connectivity index (χ1n) is 13.7. The number of unbranched alkanes of at least 4 members (excludes halogenated alkanes) is 1. The fraction of sp³-hybridized carbons (Fsp3) is 0.333. The van der Waals surface area contributed by atoms with E-state index in [0.29, 0.717) is 12.2 Å². The van der Waals surface area contributed by atoms with Gasteiger partial charge in [0.1, 0.15) is 19.2 Å². The van der Waals surface area contributed by atoms with Crippen LogP contribution in [0.4, 0.5) is 0 Å². The van der Waals surface area contributed by atoms with E-state index in [1.807, 2.05) is 36.4 Å². The van der Waals surface area contributed by atoms with Crippen molar-refractivity contribution >= 4 is 16.7 Å². The zero-order valence-corrected chi connectivity index (χ0v) is 23.1. The third-order valence-electron chi connectivity index (χ3n) is 7.46. The van der Waals surface area contributed by atoms with Crippen molar-refractivity contribution in [3.8, 4) is 17.0 Å². The Bertz CT molecular complexity index is 1380. The molecule has 0 aliphatic heterocycles. The number of amides is 1. The summed E-state index contributed by atoms with van der Waals surface area (Å²) in [5.74, 6) is 0.308. The van der Waals surface area contributed by atoms with Gasteiger partial charge in [-0.2, -0.15) is 0 Å². The van der Waals surface area contributed by atoms with Crippen molar-refractivity contribution in [1.82, 2.24) is 4.98 Å². The van der Waals surface area contributed by atoms with Gasteiger partial charge in [-0.05, 0) is 53.6 Å². The molecule has 4 aromatic rings. The number of hydrogen-bond acceptors (Lipinski definition) is 3. The minimum Gasteiger partial charge on any atom is -0.471 e. The van der Waals surface area contributed by atoms with Crippen molar-refractivity contribution in [3.05, 3.63) is 95.7 Å². The lowest BCUT2D eigenvalue weighted by atomic mass is 9.90. The summed E-state index contributed by atoms with van der Waals surface area (Å²) in [6.07, 6.45) is 4.16. The van der Waals surface area contributed by atoms with Crippen LogP contribution in [0.25, 0.3) is 21.9 Å². The van der Waals surface area contributed by atoms with Gasteiger partial charge in [-0.1, -0.05) is 74.9 Å². The zero-order chi connectivity index (χ0) is 27.1. The normalized spacial score (nSPS) is 12.4. The average molecular weight is 511 g/mol. The second kappa shape index (κ2) is 12.2. The van der Waals surface area contributed by atoms with E-state index in [4.69, 9.17) is 15.5 Å². The van der Waals surface area contributed by atoms with Gasteiger partial charge in [-0.3, -0.25) is 4.79 Å². The van der Waals surface area contributed by atoms with Gasteiger partial charge in [0.2, 0.25) is 11.8 Å². The van der Waals surface area contributed by atoms with E-state index in [2.05, 4.69) is 70.4 Å². The molecule has 1 heterocycles. The molecular formula is C33H40N3O2+. The fourth-order valence-corrected chi connectivity index (χ4v) is 5.31. The molecule has 5 heteroatoms. The molecule has 0 saturated heterocycles. The van der Waals surface area contributed by atoms with Gasteiger partial charge in [0.25, 0.3) is 0 Å². The van der Waals surface area contributed by atoms with Crippen LogP contribution < -0.4 is 10.5 Å². The number of quaternary nitrogens is 1. The lowest BCUT2D eigenvalue weighted by Crippen LogP contribution is -2.46. The van der Waals surface area contributed by atoms with E-state index in [9.17, 15) is 4.79 Å². The Morgan fingerprint density at radius 1 is 0.974 bits per heavy atom. The Balaban J connectivity index is 1.59. The van der Waals surface area contributed by atoms with Crippen LogP contribution in [0, 0.1) is 0 Å². The number of nitrogens with zero attached hydrogens (tertiary/aromatic N) is 2. The Kier molecular flexibility index (Phi) is 8.80. The summed E-state index contributed by atoms with van der Waals surface area (Å²) < 4.78 is 7.12. The highest BCUT2D eigenvalue weighted by atomic mass is 16.5. The molecule has 0 fully saturated rings.